The molecule has 0 unspecified atom stereocenters. The lowest BCUT2D eigenvalue weighted by atomic mass is 9.94. The third kappa shape index (κ3) is 3.29. The molecule has 0 aromatic carbocycles. The van der Waals surface area contributed by atoms with Crippen LogP contribution in [0.25, 0.3) is 0 Å². The van der Waals surface area contributed by atoms with Crippen LogP contribution in [0.3, 0.4) is 0 Å². The van der Waals surface area contributed by atoms with E-state index in [0.717, 1.165) is 0 Å². The fourth-order valence-corrected chi connectivity index (χ4v) is 2.01. The summed E-state index contributed by atoms with van der Waals surface area (Å²) in [6.07, 6.45) is -3.36. The minimum absolute atomic E-state index is 0.0788. The van der Waals surface area contributed by atoms with Crippen LogP contribution in [-0.2, 0) is 6.18 Å². The number of rotatable bonds is 5. The second kappa shape index (κ2) is 5.18. The van der Waals surface area contributed by atoms with E-state index in [2.05, 4.69) is 14.7 Å². The number of aliphatic hydroxyl groups is 1. The van der Waals surface area contributed by atoms with E-state index in [0.29, 0.717) is 24.4 Å². The molecule has 0 saturated heterocycles. The molecule has 0 aliphatic heterocycles. The van der Waals surface area contributed by atoms with Crippen molar-refractivity contribution in [3.63, 3.8) is 0 Å². The van der Waals surface area contributed by atoms with Crippen molar-refractivity contribution in [3.05, 3.63) is 5.82 Å². The molecule has 0 amide bonds. The van der Waals surface area contributed by atoms with Crippen LogP contribution in [0, 0.1) is 0 Å². The normalized spacial score (nSPS) is 12.8. The minimum Gasteiger partial charge on any atom is -0.394 e. The minimum atomic E-state index is -4.53. The maximum absolute atomic E-state index is 12.3. The van der Waals surface area contributed by atoms with Crippen LogP contribution in [0.5, 0.6) is 0 Å². The number of nitrogens with one attached hydrogen (secondary N) is 1. The van der Waals surface area contributed by atoms with Crippen LogP contribution in [-0.4, -0.2) is 26.6 Å². The van der Waals surface area contributed by atoms with Gasteiger partial charge in [0.2, 0.25) is 11.0 Å². The molecule has 0 spiro atoms. The van der Waals surface area contributed by atoms with Gasteiger partial charge in [-0.15, -0.1) is 0 Å². The fourth-order valence-electron chi connectivity index (χ4n) is 1.31. The van der Waals surface area contributed by atoms with Gasteiger partial charge in [-0.05, 0) is 12.8 Å². The molecule has 0 aliphatic carbocycles. The Hall–Kier alpha value is -0.890. The average Bonchev–Trinajstić information content (AvgIpc) is 2.74. The first kappa shape index (κ1) is 14.2. The van der Waals surface area contributed by atoms with Crippen LogP contribution in [0.1, 0.15) is 32.5 Å². The number of nitrogens with zero attached hydrogens (tertiary/aromatic N) is 2. The van der Waals surface area contributed by atoms with Gasteiger partial charge in [0.1, 0.15) is 0 Å². The number of aromatic nitrogens is 2. The highest BCUT2D eigenvalue weighted by atomic mass is 32.1. The van der Waals surface area contributed by atoms with Gasteiger partial charge in [-0.3, -0.25) is 0 Å². The molecule has 1 heterocycles. The zero-order valence-corrected chi connectivity index (χ0v) is 10.3. The number of anilines is 1. The van der Waals surface area contributed by atoms with Gasteiger partial charge in [0.25, 0.3) is 0 Å². The first-order valence-electron chi connectivity index (χ1n) is 5.17. The van der Waals surface area contributed by atoms with Gasteiger partial charge >= 0.3 is 6.18 Å². The van der Waals surface area contributed by atoms with Crippen molar-refractivity contribution in [2.24, 2.45) is 0 Å². The summed E-state index contributed by atoms with van der Waals surface area (Å²) in [7, 11) is 0. The maximum Gasteiger partial charge on any atom is 0.452 e. The molecular formula is C9H14F3N3OS. The predicted octanol–water partition coefficient (Wildman–Crippen LogP) is 2.52. The summed E-state index contributed by atoms with van der Waals surface area (Å²) < 4.78 is 40.1. The second-order valence-corrected chi connectivity index (χ2v) is 4.44. The highest BCUT2D eigenvalue weighted by Crippen LogP contribution is 2.30. The summed E-state index contributed by atoms with van der Waals surface area (Å²) >= 11 is 0.646. The molecule has 0 fully saturated rings. The zero-order valence-electron chi connectivity index (χ0n) is 9.51. The van der Waals surface area contributed by atoms with Crippen molar-refractivity contribution >= 4 is 16.7 Å². The summed E-state index contributed by atoms with van der Waals surface area (Å²) in [4.78, 5) is 3.37. The Morgan fingerprint density at radius 3 is 2.24 bits per heavy atom. The molecule has 0 aliphatic rings. The standard InChI is InChI=1S/C9H14F3N3OS/c1-3-8(4-2,5-16)14-7-13-6(15-17-7)9(10,11)12/h16H,3-5H2,1-2H3,(H,13,14,15). The molecule has 0 bridgehead atoms. The van der Waals surface area contributed by atoms with Crippen LogP contribution >= 0.6 is 11.5 Å². The van der Waals surface area contributed by atoms with E-state index in [4.69, 9.17) is 0 Å². The van der Waals surface area contributed by atoms with E-state index in [1.807, 2.05) is 13.8 Å². The number of aliphatic hydroxyl groups excluding tert-OH is 1. The monoisotopic (exact) mass is 269 g/mol. The van der Waals surface area contributed by atoms with Gasteiger partial charge in [0, 0.05) is 11.5 Å². The molecule has 4 nitrogen and oxygen atoms in total. The van der Waals surface area contributed by atoms with E-state index >= 15 is 0 Å². The molecule has 98 valence electrons. The third-order valence-electron chi connectivity index (χ3n) is 2.71. The molecule has 8 heteroatoms. The van der Waals surface area contributed by atoms with Crippen molar-refractivity contribution in [3.8, 4) is 0 Å². The molecule has 1 rings (SSSR count). The third-order valence-corrected chi connectivity index (χ3v) is 3.34. The quantitative estimate of drug-likeness (QED) is 0.862. The average molecular weight is 269 g/mol. The van der Waals surface area contributed by atoms with Crippen molar-refractivity contribution in [2.45, 2.75) is 38.4 Å². The molecule has 1 aromatic rings. The van der Waals surface area contributed by atoms with Crippen molar-refractivity contribution in [1.29, 1.82) is 0 Å². The SMILES string of the molecule is CCC(CC)(CO)Nc1nc(C(F)(F)F)ns1. The van der Waals surface area contributed by atoms with E-state index in [1.165, 1.54) is 0 Å². The van der Waals surface area contributed by atoms with Crippen molar-refractivity contribution in [2.75, 3.05) is 11.9 Å². The zero-order chi connectivity index (χ0) is 13.1. The Bertz CT molecular complexity index is 354. The van der Waals surface area contributed by atoms with E-state index in [9.17, 15) is 18.3 Å². The molecule has 2 N–H and O–H groups in total. The number of hydrogen-bond acceptors (Lipinski definition) is 5. The first-order valence-corrected chi connectivity index (χ1v) is 5.94. The lowest BCUT2D eigenvalue weighted by Gasteiger charge is -2.30. The van der Waals surface area contributed by atoms with Gasteiger partial charge in [0.15, 0.2) is 0 Å². The summed E-state index contributed by atoms with van der Waals surface area (Å²) in [6, 6.07) is 0. The summed E-state index contributed by atoms with van der Waals surface area (Å²) in [6.45, 7) is 3.53. The Morgan fingerprint density at radius 1 is 1.29 bits per heavy atom. The van der Waals surface area contributed by atoms with E-state index < -0.39 is 17.5 Å². The molecule has 17 heavy (non-hydrogen) atoms. The van der Waals surface area contributed by atoms with Crippen molar-refractivity contribution < 1.29 is 18.3 Å². The van der Waals surface area contributed by atoms with E-state index in [-0.39, 0.29) is 11.7 Å². The Morgan fingerprint density at radius 2 is 1.88 bits per heavy atom. The highest BCUT2D eigenvalue weighted by molar-refractivity contribution is 7.09. The lowest BCUT2D eigenvalue weighted by molar-refractivity contribution is -0.144. The topological polar surface area (TPSA) is 58.0 Å². The predicted molar refractivity (Wildman–Crippen MR) is 58.9 cm³/mol. The van der Waals surface area contributed by atoms with E-state index in [1.54, 1.807) is 0 Å². The van der Waals surface area contributed by atoms with Gasteiger partial charge in [0.05, 0.1) is 12.1 Å². The Balaban J connectivity index is 2.85. The molecular weight excluding hydrogens is 255 g/mol. The molecule has 1 aromatic heterocycles. The second-order valence-electron chi connectivity index (χ2n) is 3.69. The smallest absolute Gasteiger partial charge is 0.394 e. The van der Waals surface area contributed by atoms with Gasteiger partial charge in [-0.1, -0.05) is 13.8 Å². The van der Waals surface area contributed by atoms with Crippen LogP contribution in [0.4, 0.5) is 18.3 Å². The Labute approximate surface area is 101 Å². The van der Waals surface area contributed by atoms with Crippen LogP contribution in [0.15, 0.2) is 0 Å². The largest absolute Gasteiger partial charge is 0.452 e. The van der Waals surface area contributed by atoms with Gasteiger partial charge < -0.3 is 10.4 Å². The summed E-state index contributed by atoms with van der Waals surface area (Å²) in [5.41, 5.74) is -0.637. The molecule has 0 saturated carbocycles. The summed E-state index contributed by atoms with van der Waals surface area (Å²) in [5, 5.41) is 12.2. The molecule has 0 radical (unpaired) electrons. The van der Waals surface area contributed by atoms with Gasteiger partial charge in [-0.2, -0.15) is 22.5 Å². The summed E-state index contributed by atoms with van der Waals surface area (Å²) in [5.74, 6) is -1.15. The van der Waals surface area contributed by atoms with Crippen LogP contribution in [0.2, 0.25) is 0 Å². The first-order chi connectivity index (χ1) is 7.87. The van der Waals surface area contributed by atoms with Crippen molar-refractivity contribution in [1.82, 2.24) is 9.36 Å². The molecule has 0 atom stereocenters. The Kier molecular flexibility index (Phi) is 4.31. The number of halogens is 3. The van der Waals surface area contributed by atoms with Crippen LogP contribution < -0.4 is 5.32 Å². The van der Waals surface area contributed by atoms with Gasteiger partial charge in [-0.25, -0.2) is 0 Å². The number of alkyl halides is 3. The fraction of sp³-hybridized carbons (Fsp3) is 0.778. The lowest BCUT2D eigenvalue weighted by Crippen LogP contribution is -2.40. The number of hydrogen-bond donors (Lipinski definition) is 2. The maximum atomic E-state index is 12.3. The highest BCUT2D eigenvalue weighted by Gasteiger charge is 2.37.